The van der Waals surface area contributed by atoms with Gasteiger partial charge in [-0.2, -0.15) is 0 Å². The third-order valence-electron chi connectivity index (χ3n) is 3.32. The number of benzene rings is 2. The quantitative estimate of drug-likeness (QED) is 0.622. The summed E-state index contributed by atoms with van der Waals surface area (Å²) in [5.41, 5.74) is 4.47. The Labute approximate surface area is 131 Å². The van der Waals surface area contributed by atoms with E-state index in [-0.39, 0.29) is 0 Å². The number of hydrogen-bond acceptors (Lipinski definition) is 1. The van der Waals surface area contributed by atoms with Gasteiger partial charge in [-0.15, -0.1) is 0 Å². The van der Waals surface area contributed by atoms with E-state index >= 15 is 0 Å². The van der Waals surface area contributed by atoms with E-state index in [2.05, 4.69) is 53.5 Å². The van der Waals surface area contributed by atoms with Gasteiger partial charge in [0.2, 0.25) is 0 Å². The van der Waals surface area contributed by atoms with Gasteiger partial charge in [-0.05, 0) is 34.9 Å². The Morgan fingerprint density at radius 1 is 0.545 bits per heavy atom. The van der Waals surface area contributed by atoms with Crippen LogP contribution in [0.5, 0.6) is 0 Å². The normalized spacial score (nSPS) is 11.3. The summed E-state index contributed by atoms with van der Waals surface area (Å²) in [7, 11) is 0. The SMILES string of the molecule is C(=C/c1ccnc(/C=C\c2ccccc2)c1)/c1ccccc1. The van der Waals surface area contributed by atoms with Crippen LogP contribution in [-0.2, 0) is 0 Å². The molecule has 0 saturated heterocycles. The van der Waals surface area contributed by atoms with Crippen molar-refractivity contribution in [2.75, 3.05) is 0 Å². The lowest BCUT2D eigenvalue weighted by molar-refractivity contribution is 1.29. The second kappa shape index (κ2) is 7.19. The lowest BCUT2D eigenvalue weighted by Crippen LogP contribution is -1.81. The maximum absolute atomic E-state index is 4.39. The van der Waals surface area contributed by atoms with Crippen LogP contribution in [0, 0.1) is 0 Å². The van der Waals surface area contributed by atoms with Gasteiger partial charge in [-0.3, -0.25) is 4.98 Å². The van der Waals surface area contributed by atoms with E-state index in [0.717, 1.165) is 11.3 Å². The van der Waals surface area contributed by atoms with Crippen LogP contribution < -0.4 is 0 Å². The highest BCUT2D eigenvalue weighted by molar-refractivity contribution is 5.72. The number of hydrogen-bond donors (Lipinski definition) is 0. The maximum Gasteiger partial charge on any atom is 0.0635 e. The van der Waals surface area contributed by atoms with Crippen LogP contribution in [0.1, 0.15) is 22.4 Å². The van der Waals surface area contributed by atoms with Crippen LogP contribution in [0.15, 0.2) is 79.0 Å². The first kappa shape index (κ1) is 14.0. The van der Waals surface area contributed by atoms with Crippen LogP contribution in [0.4, 0.5) is 0 Å². The molecule has 0 spiro atoms. The maximum atomic E-state index is 4.39. The van der Waals surface area contributed by atoms with Gasteiger partial charge in [0.1, 0.15) is 0 Å². The van der Waals surface area contributed by atoms with Crippen molar-refractivity contribution in [1.29, 1.82) is 0 Å². The smallest absolute Gasteiger partial charge is 0.0635 e. The average Bonchev–Trinajstić information content (AvgIpc) is 2.60. The molecule has 0 atom stereocenters. The minimum absolute atomic E-state index is 0.957. The van der Waals surface area contributed by atoms with Crippen molar-refractivity contribution in [3.63, 3.8) is 0 Å². The fraction of sp³-hybridized carbons (Fsp3) is 0. The molecule has 1 nitrogen and oxygen atoms in total. The van der Waals surface area contributed by atoms with Crippen molar-refractivity contribution < 1.29 is 0 Å². The van der Waals surface area contributed by atoms with Crippen LogP contribution >= 0.6 is 0 Å². The summed E-state index contributed by atoms with van der Waals surface area (Å²) in [6.45, 7) is 0. The molecular weight excluding hydrogens is 266 g/mol. The van der Waals surface area contributed by atoms with Crippen LogP contribution in [0.2, 0.25) is 0 Å². The summed E-state index contributed by atoms with van der Waals surface area (Å²) < 4.78 is 0. The molecule has 0 radical (unpaired) electrons. The van der Waals surface area contributed by atoms with Crippen molar-refractivity contribution in [3.05, 3.63) is 101 Å². The summed E-state index contributed by atoms with van der Waals surface area (Å²) >= 11 is 0. The average molecular weight is 283 g/mol. The second-order valence-corrected chi connectivity index (χ2v) is 5.00. The highest BCUT2D eigenvalue weighted by atomic mass is 14.6. The summed E-state index contributed by atoms with van der Waals surface area (Å²) in [5, 5.41) is 0. The van der Waals surface area contributed by atoms with Gasteiger partial charge in [-0.1, -0.05) is 78.9 Å². The molecule has 0 amide bonds. The number of pyridine rings is 1. The van der Waals surface area contributed by atoms with Crippen molar-refractivity contribution in [2.24, 2.45) is 0 Å². The molecule has 106 valence electrons. The van der Waals surface area contributed by atoms with E-state index in [1.165, 1.54) is 11.1 Å². The molecule has 0 fully saturated rings. The summed E-state index contributed by atoms with van der Waals surface area (Å²) in [5.74, 6) is 0. The molecule has 0 saturated carbocycles. The molecule has 0 N–H and O–H groups in total. The van der Waals surface area contributed by atoms with Gasteiger partial charge >= 0.3 is 0 Å². The molecule has 0 aliphatic heterocycles. The van der Waals surface area contributed by atoms with Gasteiger partial charge in [0.05, 0.1) is 5.69 Å². The second-order valence-electron chi connectivity index (χ2n) is 5.00. The van der Waals surface area contributed by atoms with E-state index < -0.39 is 0 Å². The Balaban J connectivity index is 1.75. The Morgan fingerprint density at radius 2 is 1.09 bits per heavy atom. The van der Waals surface area contributed by atoms with E-state index in [1.54, 1.807) is 0 Å². The molecule has 22 heavy (non-hydrogen) atoms. The van der Waals surface area contributed by atoms with Crippen molar-refractivity contribution >= 4 is 24.3 Å². The summed E-state index contributed by atoms with van der Waals surface area (Å²) in [4.78, 5) is 4.39. The number of nitrogens with zero attached hydrogens (tertiary/aromatic N) is 1. The molecule has 1 heterocycles. The van der Waals surface area contributed by atoms with E-state index in [1.807, 2.05) is 54.7 Å². The molecule has 0 aliphatic rings. The lowest BCUT2D eigenvalue weighted by Gasteiger charge is -1.97. The van der Waals surface area contributed by atoms with E-state index in [0.29, 0.717) is 0 Å². The minimum atomic E-state index is 0.957. The van der Waals surface area contributed by atoms with Gasteiger partial charge in [0.25, 0.3) is 0 Å². The molecule has 1 aromatic heterocycles. The summed E-state index contributed by atoms with van der Waals surface area (Å²) in [6.07, 6.45) is 10.2. The lowest BCUT2D eigenvalue weighted by atomic mass is 10.1. The topological polar surface area (TPSA) is 12.9 Å². The van der Waals surface area contributed by atoms with Crippen LogP contribution in [0.25, 0.3) is 24.3 Å². The van der Waals surface area contributed by atoms with E-state index in [4.69, 9.17) is 0 Å². The molecule has 0 aliphatic carbocycles. The predicted octanol–water partition coefficient (Wildman–Crippen LogP) is 5.42. The van der Waals surface area contributed by atoms with Gasteiger partial charge < -0.3 is 0 Å². The molecule has 2 aromatic carbocycles. The number of aromatic nitrogens is 1. The molecule has 3 rings (SSSR count). The largest absolute Gasteiger partial charge is 0.257 e. The van der Waals surface area contributed by atoms with Crippen molar-refractivity contribution in [3.8, 4) is 0 Å². The molecule has 0 bridgehead atoms. The predicted molar refractivity (Wildman–Crippen MR) is 95.0 cm³/mol. The summed E-state index contributed by atoms with van der Waals surface area (Å²) in [6, 6.07) is 24.6. The molecule has 0 unspecified atom stereocenters. The first-order valence-electron chi connectivity index (χ1n) is 7.32. The first-order chi connectivity index (χ1) is 10.9. The molecule has 1 heteroatoms. The van der Waals surface area contributed by atoms with Crippen LogP contribution in [-0.4, -0.2) is 4.98 Å². The Bertz CT molecular complexity index is 707. The highest BCUT2D eigenvalue weighted by Crippen LogP contribution is 2.11. The standard InChI is InChI=1S/C21H17N/c1-3-7-18(8-4-1)11-12-20-15-16-22-21(17-20)14-13-19-9-5-2-6-10-19/h1-17H/b12-11-,14-13-. The Kier molecular flexibility index (Phi) is 4.58. The van der Waals surface area contributed by atoms with Gasteiger partial charge in [-0.25, -0.2) is 0 Å². The third-order valence-corrected chi connectivity index (χ3v) is 3.32. The fourth-order valence-electron chi connectivity index (χ4n) is 2.16. The third kappa shape index (κ3) is 4.03. The van der Waals surface area contributed by atoms with E-state index in [9.17, 15) is 0 Å². The molecule has 3 aromatic rings. The van der Waals surface area contributed by atoms with Gasteiger partial charge in [0.15, 0.2) is 0 Å². The van der Waals surface area contributed by atoms with Crippen molar-refractivity contribution in [1.82, 2.24) is 4.98 Å². The van der Waals surface area contributed by atoms with Gasteiger partial charge in [0, 0.05) is 6.20 Å². The zero-order valence-corrected chi connectivity index (χ0v) is 12.3. The first-order valence-corrected chi connectivity index (χ1v) is 7.32. The Hall–Kier alpha value is -2.93. The zero-order valence-electron chi connectivity index (χ0n) is 12.3. The Morgan fingerprint density at radius 3 is 1.73 bits per heavy atom. The van der Waals surface area contributed by atoms with Crippen molar-refractivity contribution in [2.45, 2.75) is 0 Å². The fourth-order valence-corrected chi connectivity index (χ4v) is 2.16. The zero-order chi connectivity index (χ0) is 15.0. The monoisotopic (exact) mass is 283 g/mol. The minimum Gasteiger partial charge on any atom is -0.257 e. The highest BCUT2D eigenvalue weighted by Gasteiger charge is 1.92. The van der Waals surface area contributed by atoms with Crippen LogP contribution in [0.3, 0.4) is 0 Å². The number of rotatable bonds is 4. The molecular formula is C21H17N.